The van der Waals surface area contributed by atoms with Gasteiger partial charge in [-0.15, -0.1) is 0 Å². The molecule has 2 saturated carbocycles. The smallest absolute Gasteiger partial charge is 0.270 e. The SMILES string of the molecule is O=C(c1cc(F)c[nH]1)N1C[C@H](c2nc(C3CC3)n[nH]2)[C@@H](C2CC2)C1. The summed E-state index contributed by atoms with van der Waals surface area (Å²) in [6.45, 7) is 1.34. The first kappa shape index (κ1) is 14.2. The molecule has 2 atom stereocenters. The molecule has 0 radical (unpaired) electrons. The van der Waals surface area contributed by atoms with Crippen LogP contribution in [-0.2, 0) is 0 Å². The lowest BCUT2D eigenvalue weighted by Crippen LogP contribution is -2.29. The van der Waals surface area contributed by atoms with Crippen LogP contribution in [0.15, 0.2) is 12.3 Å². The van der Waals surface area contributed by atoms with Crippen LogP contribution in [0.5, 0.6) is 0 Å². The summed E-state index contributed by atoms with van der Waals surface area (Å²) in [6.07, 6.45) is 6.03. The molecule has 5 rings (SSSR count). The van der Waals surface area contributed by atoms with Crippen molar-refractivity contribution in [2.75, 3.05) is 13.1 Å². The van der Waals surface area contributed by atoms with Crippen molar-refractivity contribution in [2.45, 2.75) is 37.5 Å². The van der Waals surface area contributed by atoms with Crippen LogP contribution in [0.4, 0.5) is 4.39 Å². The fraction of sp³-hybridized carbons (Fsp3) is 0.588. The van der Waals surface area contributed by atoms with Crippen molar-refractivity contribution in [1.29, 1.82) is 0 Å². The fourth-order valence-electron chi connectivity index (χ4n) is 3.93. The van der Waals surface area contributed by atoms with Crippen molar-refractivity contribution in [1.82, 2.24) is 25.1 Å². The Labute approximate surface area is 138 Å². The van der Waals surface area contributed by atoms with Gasteiger partial charge in [0.25, 0.3) is 5.91 Å². The number of aromatic amines is 2. The van der Waals surface area contributed by atoms with Gasteiger partial charge >= 0.3 is 0 Å². The Morgan fingerprint density at radius 3 is 2.75 bits per heavy atom. The zero-order valence-corrected chi connectivity index (χ0v) is 13.3. The minimum absolute atomic E-state index is 0.131. The Morgan fingerprint density at radius 2 is 2.08 bits per heavy atom. The highest BCUT2D eigenvalue weighted by molar-refractivity contribution is 5.92. The summed E-state index contributed by atoms with van der Waals surface area (Å²) >= 11 is 0. The molecule has 126 valence electrons. The highest BCUT2D eigenvalue weighted by Crippen LogP contribution is 2.47. The molecule has 2 N–H and O–H groups in total. The Morgan fingerprint density at radius 1 is 1.25 bits per heavy atom. The van der Waals surface area contributed by atoms with Crippen LogP contribution in [0.2, 0.25) is 0 Å². The molecular formula is C17H20FN5O. The Bertz CT molecular complexity index is 776. The van der Waals surface area contributed by atoms with Gasteiger partial charge in [0.2, 0.25) is 0 Å². The highest BCUT2D eigenvalue weighted by Gasteiger charge is 2.46. The third-order valence-electron chi connectivity index (χ3n) is 5.57. The van der Waals surface area contributed by atoms with Crippen molar-refractivity contribution in [3.05, 3.63) is 35.4 Å². The molecule has 1 aliphatic heterocycles. The monoisotopic (exact) mass is 329 g/mol. The van der Waals surface area contributed by atoms with E-state index in [1.807, 2.05) is 4.90 Å². The summed E-state index contributed by atoms with van der Waals surface area (Å²) in [5.41, 5.74) is 0.318. The van der Waals surface area contributed by atoms with Crippen molar-refractivity contribution in [3.63, 3.8) is 0 Å². The van der Waals surface area contributed by atoms with E-state index in [0.29, 0.717) is 36.5 Å². The van der Waals surface area contributed by atoms with E-state index >= 15 is 0 Å². The maximum atomic E-state index is 13.2. The van der Waals surface area contributed by atoms with Crippen LogP contribution >= 0.6 is 0 Å². The topological polar surface area (TPSA) is 77.7 Å². The number of likely N-dealkylation sites (tertiary alicyclic amines) is 1. The summed E-state index contributed by atoms with van der Waals surface area (Å²) in [7, 11) is 0. The maximum Gasteiger partial charge on any atom is 0.270 e. The predicted molar refractivity (Wildman–Crippen MR) is 84.0 cm³/mol. The molecule has 2 aromatic heterocycles. The summed E-state index contributed by atoms with van der Waals surface area (Å²) in [5, 5.41) is 7.49. The van der Waals surface area contributed by atoms with Gasteiger partial charge in [0.15, 0.2) is 5.82 Å². The van der Waals surface area contributed by atoms with Crippen molar-refractivity contribution < 1.29 is 9.18 Å². The van der Waals surface area contributed by atoms with Crippen LogP contribution in [0.3, 0.4) is 0 Å². The summed E-state index contributed by atoms with van der Waals surface area (Å²) in [4.78, 5) is 21.9. The van der Waals surface area contributed by atoms with E-state index in [1.165, 1.54) is 37.9 Å². The van der Waals surface area contributed by atoms with E-state index in [4.69, 9.17) is 4.98 Å². The molecule has 0 unspecified atom stereocenters. The minimum Gasteiger partial charge on any atom is -0.355 e. The van der Waals surface area contributed by atoms with E-state index in [2.05, 4.69) is 15.2 Å². The molecule has 6 nitrogen and oxygen atoms in total. The number of rotatable bonds is 4. The van der Waals surface area contributed by atoms with Crippen LogP contribution in [0, 0.1) is 17.7 Å². The molecule has 3 fully saturated rings. The van der Waals surface area contributed by atoms with E-state index < -0.39 is 5.82 Å². The lowest BCUT2D eigenvalue weighted by molar-refractivity contribution is 0.0779. The molecule has 24 heavy (non-hydrogen) atoms. The molecule has 3 aliphatic rings. The van der Waals surface area contributed by atoms with Gasteiger partial charge in [-0.05, 0) is 37.5 Å². The third kappa shape index (κ3) is 2.42. The van der Waals surface area contributed by atoms with Crippen LogP contribution in [0.1, 0.15) is 59.7 Å². The minimum atomic E-state index is -0.405. The number of carbonyl (C=O) groups excluding carboxylic acids is 1. The molecule has 1 saturated heterocycles. The first-order valence-corrected chi connectivity index (χ1v) is 8.74. The fourth-order valence-corrected chi connectivity index (χ4v) is 3.93. The zero-order chi connectivity index (χ0) is 16.3. The van der Waals surface area contributed by atoms with Crippen molar-refractivity contribution >= 4 is 5.91 Å². The number of carbonyl (C=O) groups is 1. The van der Waals surface area contributed by atoms with Gasteiger partial charge in [-0.25, -0.2) is 9.37 Å². The molecule has 1 amide bonds. The van der Waals surface area contributed by atoms with Crippen molar-refractivity contribution in [2.24, 2.45) is 11.8 Å². The quantitative estimate of drug-likeness (QED) is 0.904. The molecule has 0 bridgehead atoms. The van der Waals surface area contributed by atoms with E-state index in [0.717, 1.165) is 11.6 Å². The van der Waals surface area contributed by atoms with E-state index in [1.54, 1.807) is 0 Å². The first-order chi connectivity index (χ1) is 11.7. The standard InChI is InChI=1S/C17H20FN5O/c18-11-5-14(19-6-11)17(24)23-7-12(9-1-2-9)13(8-23)16-20-15(21-22-16)10-3-4-10/h5-6,9-10,12-13,19H,1-4,7-8H2,(H,20,21,22)/t12-,13+/m1/s1. The average molecular weight is 329 g/mol. The van der Waals surface area contributed by atoms with Crippen molar-refractivity contribution in [3.8, 4) is 0 Å². The lowest BCUT2D eigenvalue weighted by Gasteiger charge is -2.15. The van der Waals surface area contributed by atoms with Gasteiger partial charge in [0.05, 0.1) is 0 Å². The van der Waals surface area contributed by atoms with Gasteiger partial charge in [0.1, 0.15) is 17.3 Å². The average Bonchev–Trinajstić information content (AvgIpc) is 3.47. The van der Waals surface area contributed by atoms with Crippen LogP contribution in [-0.4, -0.2) is 44.1 Å². The number of halogens is 1. The number of amides is 1. The summed E-state index contributed by atoms with van der Waals surface area (Å²) in [5.74, 6) is 3.14. The van der Waals surface area contributed by atoms with E-state index in [9.17, 15) is 9.18 Å². The van der Waals surface area contributed by atoms with Gasteiger partial charge in [0, 0.05) is 37.2 Å². The number of hydrogen-bond donors (Lipinski definition) is 2. The normalized spacial score (nSPS) is 27.0. The maximum absolute atomic E-state index is 13.2. The largest absolute Gasteiger partial charge is 0.355 e. The molecular weight excluding hydrogens is 309 g/mol. The Hall–Kier alpha value is -2.18. The molecule has 0 aromatic carbocycles. The second kappa shape index (κ2) is 5.16. The number of hydrogen-bond acceptors (Lipinski definition) is 3. The number of nitrogens with zero attached hydrogens (tertiary/aromatic N) is 3. The summed E-state index contributed by atoms with van der Waals surface area (Å²) in [6, 6.07) is 1.27. The predicted octanol–water partition coefficient (Wildman–Crippen LogP) is 2.42. The molecule has 2 aromatic rings. The summed E-state index contributed by atoms with van der Waals surface area (Å²) < 4.78 is 13.2. The molecule has 2 aliphatic carbocycles. The number of aromatic nitrogens is 4. The Kier molecular flexibility index (Phi) is 3.05. The molecule has 7 heteroatoms. The lowest BCUT2D eigenvalue weighted by atomic mass is 9.91. The number of H-pyrrole nitrogens is 2. The third-order valence-corrected chi connectivity index (χ3v) is 5.57. The molecule has 0 spiro atoms. The second-order valence-electron chi connectivity index (χ2n) is 7.40. The van der Waals surface area contributed by atoms with E-state index in [-0.39, 0.29) is 11.8 Å². The van der Waals surface area contributed by atoms with Crippen LogP contribution < -0.4 is 0 Å². The van der Waals surface area contributed by atoms with Crippen LogP contribution in [0.25, 0.3) is 0 Å². The second-order valence-corrected chi connectivity index (χ2v) is 7.40. The first-order valence-electron chi connectivity index (χ1n) is 8.74. The van der Waals surface area contributed by atoms with Gasteiger partial charge < -0.3 is 9.88 Å². The highest BCUT2D eigenvalue weighted by atomic mass is 19.1. The Balaban J connectivity index is 1.38. The molecule has 3 heterocycles. The number of nitrogens with one attached hydrogen (secondary N) is 2. The zero-order valence-electron chi connectivity index (χ0n) is 13.3. The van der Waals surface area contributed by atoms with Gasteiger partial charge in [-0.2, -0.15) is 5.10 Å². The van der Waals surface area contributed by atoms with Gasteiger partial charge in [-0.1, -0.05) is 0 Å². The van der Waals surface area contributed by atoms with Gasteiger partial charge in [-0.3, -0.25) is 9.89 Å².